The first kappa shape index (κ1) is 19.3. The van der Waals surface area contributed by atoms with Crippen LogP contribution in [0.3, 0.4) is 0 Å². The van der Waals surface area contributed by atoms with Crippen LogP contribution in [0.1, 0.15) is 25.2 Å². The summed E-state index contributed by atoms with van der Waals surface area (Å²) in [7, 11) is 0. The van der Waals surface area contributed by atoms with Crippen LogP contribution in [0.25, 0.3) is 10.9 Å². The molecule has 7 heteroatoms. The second kappa shape index (κ2) is 8.46. The Labute approximate surface area is 162 Å². The summed E-state index contributed by atoms with van der Waals surface area (Å²) in [4.78, 5) is 34.2. The molecule has 28 heavy (non-hydrogen) atoms. The number of anilines is 1. The van der Waals surface area contributed by atoms with Gasteiger partial charge < -0.3 is 10.3 Å². The molecule has 3 rings (SSSR count). The van der Waals surface area contributed by atoms with Gasteiger partial charge in [0.15, 0.2) is 0 Å². The van der Waals surface area contributed by atoms with Crippen molar-refractivity contribution in [2.45, 2.75) is 26.4 Å². The maximum absolute atomic E-state index is 12.7. The fourth-order valence-electron chi connectivity index (χ4n) is 3.02. The molecular weight excluding hydrogens is 354 g/mol. The summed E-state index contributed by atoms with van der Waals surface area (Å²) in [6.45, 7) is 4.63. The quantitative estimate of drug-likeness (QED) is 0.690. The zero-order chi connectivity index (χ0) is 20.1. The van der Waals surface area contributed by atoms with Gasteiger partial charge in [-0.2, -0.15) is 5.26 Å². The zero-order valence-corrected chi connectivity index (χ0v) is 15.8. The summed E-state index contributed by atoms with van der Waals surface area (Å²) < 4.78 is 0. The van der Waals surface area contributed by atoms with Crippen molar-refractivity contribution in [3.05, 3.63) is 70.3 Å². The predicted octanol–water partition coefficient (Wildman–Crippen LogP) is 2.64. The van der Waals surface area contributed by atoms with E-state index >= 15 is 0 Å². The summed E-state index contributed by atoms with van der Waals surface area (Å²) in [5.74, 6) is 0.273. The van der Waals surface area contributed by atoms with Crippen LogP contribution in [-0.2, 0) is 11.3 Å². The number of H-pyrrole nitrogens is 1. The van der Waals surface area contributed by atoms with Gasteiger partial charge in [0.25, 0.3) is 5.56 Å². The summed E-state index contributed by atoms with van der Waals surface area (Å²) in [5.41, 5.74) is 1.32. The molecule has 0 aliphatic carbocycles. The number of carbonyl (C=O) groups excluding carboxylic acids is 1. The van der Waals surface area contributed by atoms with Crippen LogP contribution in [0.15, 0.2) is 53.3 Å². The lowest BCUT2D eigenvalue weighted by Crippen LogP contribution is -2.42. The first-order chi connectivity index (χ1) is 13.5. The number of hydrogen-bond acceptors (Lipinski definition) is 5. The van der Waals surface area contributed by atoms with Gasteiger partial charge in [0.2, 0.25) is 5.91 Å². The van der Waals surface area contributed by atoms with Crippen LogP contribution in [0.4, 0.5) is 5.69 Å². The molecule has 0 aliphatic heterocycles. The molecule has 142 valence electrons. The van der Waals surface area contributed by atoms with Crippen LogP contribution >= 0.6 is 0 Å². The second-order valence-electron chi connectivity index (χ2n) is 6.42. The molecule has 1 atom stereocenters. The molecule has 2 aromatic carbocycles. The third kappa shape index (κ3) is 4.08. The number of hydrogen-bond donors (Lipinski definition) is 2. The summed E-state index contributed by atoms with van der Waals surface area (Å²) >= 11 is 0. The van der Waals surface area contributed by atoms with Crippen molar-refractivity contribution in [2.75, 3.05) is 11.9 Å². The lowest BCUT2D eigenvalue weighted by molar-refractivity contribution is -0.120. The first-order valence-corrected chi connectivity index (χ1v) is 9.05. The van der Waals surface area contributed by atoms with Crippen molar-refractivity contribution in [2.24, 2.45) is 0 Å². The van der Waals surface area contributed by atoms with E-state index in [0.29, 0.717) is 41.1 Å². The van der Waals surface area contributed by atoms with Crippen LogP contribution in [0, 0.1) is 11.3 Å². The average Bonchev–Trinajstić information content (AvgIpc) is 2.72. The second-order valence-corrected chi connectivity index (χ2v) is 6.42. The van der Waals surface area contributed by atoms with Gasteiger partial charge in [0, 0.05) is 0 Å². The highest BCUT2D eigenvalue weighted by molar-refractivity contribution is 5.95. The molecule has 0 saturated carbocycles. The summed E-state index contributed by atoms with van der Waals surface area (Å²) in [6, 6.07) is 15.6. The molecule has 1 unspecified atom stereocenters. The van der Waals surface area contributed by atoms with Crippen molar-refractivity contribution in [3.63, 3.8) is 0 Å². The van der Waals surface area contributed by atoms with Crippen LogP contribution in [0.5, 0.6) is 0 Å². The van der Waals surface area contributed by atoms with E-state index in [1.54, 1.807) is 49.4 Å². The highest BCUT2D eigenvalue weighted by atomic mass is 16.2. The molecule has 7 nitrogen and oxygen atoms in total. The molecule has 0 radical (unpaired) electrons. The number of carbonyl (C=O) groups is 1. The van der Waals surface area contributed by atoms with Gasteiger partial charge in [0.1, 0.15) is 11.9 Å². The number of para-hydroxylation sites is 2. The summed E-state index contributed by atoms with van der Waals surface area (Å²) in [5, 5.41) is 12.5. The van der Waals surface area contributed by atoms with Crippen LogP contribution in [-0.4, -0.2) is 33.4 Å². The van der Waals surface area contributed by atoms with Gasteiger partial charge in [-0.25, -0.2) is 4.98 Å². The molecule has 2 N–H and O–H groups in total. The Balaban J connectivity index is 1.78. The van der Waals surface area contributed by atoms with Crippen LogP contribution in [0.2, 0.25) is 0 Å². The number of nitriles is 1. The average molecular weight is 375 g/mol. The molecular formula is C21H21N5O2. The predicted molar refractivity (Wildman–Crippen MR) is 108 cm³/mol. The van der Waals surface area contributed by atoms with Crippen molar-refractivity contribution >= 4 is 22.5 Å². The van der Waals surface area contributed by atoms with Gasteiger partial charge in [-0.05, 0) is 37.7 Å². The van der Waals surface area contributed by atoms with Crippen molar-refractivity contribution in [3.8, 4) is 6.07 Å². The Morgan fingerprint density at radius 3 is 2.71 bits per heavy atom. The van der Waals surface area contributed by atoms with E-state index in [1.807, 2.05) is 17.9 Å². The normalized spacial score (nSPS) is 11.9. The van der Waals surface area contributed by atoms with Crippen LogP contribution < -0.4 is 10.9 Å². The SMILES string of the molecule is CCN(Cc1nc2ccccc2c(=O)[nH]1)C(C)C(=O)Nc1ccccc1C#N. The van der Waals surface area contributed by atoms with E-state index in [0.717, 1.165) is 0 Å². The molecule has 0 bridgehead atoms. The molecule has 0 spiro atoms. The Kier molecular flexibility index (Phi) is 5.82. The highest BCUT2D eigenvalue weighted by Gasteiger charge is 2.22. The maximum atomic E-state index is 12.7. The number of nitrogens with zero attached hydrogens (tertiary/aromatic N) is 3. The summed E-state index contributed by atoms with van der Waals surface area (Å²) in [6.07, 6.45) is 0. The number of aromatic nitrogens is 2. The molecule has 1 amide bonds. The minimum absolute atomic E-state index is 0.197. The Morgan fingerprint density at radius 1 is 1.25 bits per heavy atom. The third-order valence-corrected chi connectivity index (χ3v) is 4.65. The molecule has 0 aliphatic rings. The lowest BCUT2D eigenvalue weighted by Gasteiger charge is -2.26. The number of aromatic amines is 1. The standard InChI is InChI=1S/C21H21N5O2/c1-3-26(13-19-23-18-11-7-5-9-16(18)21(28)25-19)14(2)20(27)24-17-10-6-4-8-15(17)12-22/h4-11,14H,3,13H2,1-2H3,(H,24,27)(H,23,25,28). The third-order valence-electron chi connectivity index (χ3n) is 4.65. The van der Waals surface area contributed by atoms with Gasteiger partial charge in [-0.1, -0.05) is 31.2 Å². The fourth-order valence-corrected chi connectivity index (χ4v) is 3.02. The minimum Gasteiger partial charge on any atom is -0.324 e. The zero-order valence-electron chi connectivity index (χ0n) is 15.8. The van der Waals surface area contributed by atoms with Gasteiger partial charge in [-0.3, -0.25) is 14.5 Å². The Hall–Kier alpha value is -3.50. The van der Waals surface area contributed by atoms with E-state index in [4.69, 9.17) is 0 Å². The van der Waals surface area contributed by atoms with Gasteiger partial charge in [-0.15, -0.1) is 0 Å². The first-order valence-electron chi connectivity index (χ1n) is 9.05. The number of fused-ring (bicyclic) bond motifs is 1. The number of amides is 1. The van der Waals surface area contributed by atoms with Crippen molar-refractivity contribution in [1.82, 2.24) is 14.9 Å². The van der Waals surface area contributed by atoms with Gasteiger partial charge in [0.05, 0.1) is 34.7 Å². The molecule has 3 aromatic rings. The lowest BCUT2D eigenvalue weighted by atomic mass is 10.1. The van der Waals surface area contributed by atoms with E-state index in [1.165, 1.54) is 0 Å². The number of benzene rings is 2. The Bertz CT molecular complexity index is 1100. The van der Waals surface area contributed by atoms with E-state index in [2.05, 4.69) is 21.4 Å². The van der Waals surface area contributed by atoms with Crippen molar-refractivity contribution in [1.29, 1.82) is 5.26 Å². The molecule has 1 heterocycles. The molecule has 1 aromatic heterocycles. The van der Waals surface area contributed by atoms with E-state index in [-0.39, 0.29) is 11.5 Å². The number of likely N-dealkylation sites (N-methyl/N-ethyl adjacent to an activating group) is 1. The smallest absolute Gasteiger partial charge is 0.258 e. The molecule has 0 fully saturated rings. The van der Waals surface area contributed by atoms with E-state index < -0.39 is 6.04 Å². The fraction of sp³-hybridized carbons (Fsp3) is 0.238. The number of rotatable bonds is 6. The minimum atomic E-state index is -0.478. The topological polar surface area (TPSA) is 102 Å². The number of nitrogens with one attached hydrogen (secondary N) is 2. The Morgan fingerprint density at radius 2 is 1.96 bits per heavy atom. The maximum Gasteiger partial charge on any atom is 0.258 e. The highest BCUT2D eigenvalue weighted by Crippen LogP contribution is 2.15. The van der Waals surface area contributed by atoms with Gasteiger partial charge >= 0.3 is 0 Å². The molecule has 0 saturated heterocycles. The monoisotopic (exact) mass is 375 g/mol. The van der Waals surface area contributed by atoms with Crippen molar-refractivity contribution < 1.29 is 4.79 Å². The van der Waals surface area contributed by atoms with E-state index in [9.17, 15) is 14.9 Å². The largest absolute Gasteiger partial charge is 0.324 e.